The maximum Gasteiger partial charge on any atom is 0.259 e. The van der Waals surface area contributed by atoms with Crippen LogP contribution in [0.1, 0.15) is 28.7 Å². The van der Waals surface area contributed by atoms with E-state index in [0.717, 1.165) is 17.2 Å². The average molecular weight is 290 g/mol. The lowest BCUT2D eigenvalue weighted by Gasteiger charge is -2.20. The molecule has 0 saturated carbocycles. The highest BCUT2D eigenvalue weighted by atomic mass is 16.3. The van der Waals surface area contributed by atoms with E-state index < -0.39 is 0 Å². The SMILES string of the molecule is CCN(CCO)C(=O)c1cnn(C)c1-n1c(C)ccc1C. The summed E-state index contributed by atoms with van der Waals surface area (Å²) in [5.74, 6) is 0.651. The number of hydrogen-bond acceptors (Lipinski definition) is 3. The van der Waals surface area contributed by atoms with Gasteiger partial charge in [0.25, 0.3) is 5.91 Å². The number of carbonyl (C=O) groups excluding carboxylic acids is 1. The van der Waals surface area contributed by atoms with Crippen LogP contribution in [0.3, 0.4) is 0 Å². The van der Waals surface area contributed by atoms with Gasteiger partial charge in [0.15, 0.2) is 0 Å². The van der Waals surface area contributed by atoms with E-state index in [2.05, 4.69) is 5.10 Å². The largest absolute Gasteiger partial charge is 0.395 e. The summed E-state index contributed by atoms with van der Waals surface area (Å²) in [5.41, 5.74) is 2.65. The van der Waals surface area contributed by atoms with Crippen molar-refractivity contribution >= 4 is 5.91 Å². The Kier molecular flexibility index (Phi) is 4.47. The highest BCUT2D eigenvalue weighted by Crippen LogP contribution is 2.21. The third-order valence-corrected chi connectivity index (χ3v) is 3.66. The summed E-state index contributed by atoms with van der Waals surface area (Å²) >= 11 is 0. The Morgan fingerprint density at radius 1 is 1.33 bits per heavy atom. The van der Waals surface area contributed by atoms with Crippen molar-refractivity contribution in [2.75, 3.05) is 19.7 Å². The zero-order chi connectivity index (χ0) is 15.6. The first-order chi connectivity index (χ1) is 10.0. The van der Waals surface area contributed by atoms with Crippen LogP contribution in [0.5, 0.6) is 0 Å². The fourth-order valence-electron chi connectivity index (χ4n) is 2.54. The van der Waals surface area contributed by atoms with Gasteiger partial charge >= 0.3 is 0 Å². The van der Waals surface area contributed by atoms with Gasteiger partial charge < -0.3 is 14.6 Å². The number of hydrogen-bond donors (Lipinski definition) is 1. The number of aryl methyl sites for hydroxylation is 3. The monoisotopic (exact) mass is 290 g/mol. The molecule has 6 heteroatoms. The van der Waals surface area contributed by atoms with Crippen LogP contribution >= 0.6 is 0 Å². The van der Waals surface area contributed by atoms with E-state index in [0.29, 0.717) is 18.7 Å². The summed E-state index contributed by atoms with van der Waals surface area (Å²) in [4.78, 5) is 14.3. The molecule has 1 amide bonds. The zero-order valence-electron chi connectivity index (χ0n) is 13.0. The lowest BCUT2D eigenvalue weighted by molar-refractivity contribution is 0.0732. The van der Waals surface area contributed by atoms with Crippen molar-refractivity contribution in [3.05, 3.63) is 35.3 Å². The lowest BCUT2D eigenvalue weighted by atomic mass is 10.2. The first-order valence-electron chi connectivity index (χ1n) is 7.08. The van der Waals surface area contributed by atoms with Gasteiger partial charge in [-0.1, -0.05) is 0 Å². The second kappa shape index (κ2) is 6.13. The first-order valence-corrected chi connectivity index (χ1v) is 7.08. The highest BCUT2D eigenvalue weighted by molar-refractivity contribution is 5.97. The molecule has 0 atom stereocenters. The lowest BCUT2D eigenvalue weighted by Crippen LogP contribution is -2.34. The summed E-state index contributed by atoms with van der Waals surface area (Å²) in [6.07, 6.45) is 1.59. The number of rotatable bonds is 5. The maximum absolute atomic E-state index is 12.7. The molecule has 0 bridgehead atoms. The molecular weight excluding hydrogens is 268 g/mol. The number of amides is 1. The van der Waals surface area contributed by atoms with Gasteiger partial charge in [-0.3, -0.25) is 9.48 Å². The van der Waals surface area contributed by atoms with Crippen LogP contribution < -0.4 is 0 Å². The van der Waals surface area contributed by atoms with E-state index in [-0.39, 0.29) is 12.5 Å². The second-order valence-corrected chi connectivity index (χ2v) is 5.07. The van der Waals surface area contributed by atoms with Gasteiger partial charge in [-0.15, -0.1) is 0 Å². The van der Waals surface area contributed by atoms with Crippen LogP contribution in [0.15, 0.2) is 18.3 Å². The predicted molar refractivity (Wildman–Crippen MR) is 80.7 cm³/mol. The third kappa shape index (κ3) is 2.71. The Bertz CT molecular complexity index is 623. The quantitative estimate of drug-likeness (QED) is 0.902. The average Bonchev–Trinajstić information content (AvgIpc) is 2.98. The van der Waals surface area contributed by atoms with Crippen LogP contribution in [-0.4, -0.2) is 50.0 Å². The normalized spacial score (nSPS) is 10.9. The van der Waals surface area contributed by atoms with Gasteiger partial charge in [0.1, 0.15) is 11.4 Å². The van der Waals surface area contributed by atoms with E-state index in [9.17, 15) is 4.79 Å². The van der Waals surface area contributed by atoms with E-state index >= 15 is 0 Å². The summed E-state index contributed by atoms with van der Waals surface area (Å²) in [5, 5.41) is 13.3. The molecule has 2 heterocycles. The van der Waals surface area contributed by atoms with Gasteiger partial charge in [-0.25, -0.2) is 0 Å². The summed E-state index contributed by atoms with van der Waals surface area (Å²) < 4.78 is 3.73. The van der Waals surface area contributed by atoms with Crippen molar-refractivity contribution in [1.82, 2.24) is 19.2 Å². The minimum atomic E-state index is -0.109. The summed E-state index contributed by atoms with van der Waals surface area (Å²) in [6.45, 7) is 6.73. The Morgan fingerprint density at radius 2 is 1.95 bits per heavy atom. The maximum atomic E-state index is 12.7. The highest BCUT2D eigenvalue weighted by Gasteiger charge is 2.23. The molecular formula is C15H22N4O2. The zero-order valence-corrected chi connectivity index (χ0v) is 13.0. The molecule has 0 radical (unpaired) electrons. The van der Waals surface area contributed by atoms with Gasteiger partial charge in [-0.05, 0) is 32.9 Å². The molecule has 0 fully saturated rings. The fourth-order valence-corrected chi connectivity index (χ4v) is 2.54. The molecule has 0 aliphatic carbocycles. The smallest absolute Gasteiger partial charge is 0.259 e. The van der Waals surface area contributed by atoms with Gasteiger partial charge in [0.05, 0.1) is 12.8 Å². The second-order valence-electron chi connectivity index (χ2n) is 5.07. The number of aliphatic hydroxyl groups excluding tert-OH is 1. The van der Waals surface area contributed by atoms with E-state index in [1.165, 1.54) is 0 Å². The van der Waals surface area contributed by atoms with Crippen molar-refractivity contribution in [2.45, 2.75) is 20.8 Å². The molecule has 1 N–H and O–H groups in total. The minimum Gasteiger partial charge on any atom is -0.395 e. The molecule has 114 valence electrons. The number of aliphatic hydroxyl groups is 1. The molecule has 6 nitrogen and oxygen atoms in total. The molecule has 2 aromatic heterocycles. The van der Waals surface area contributed by atoms with Crippen molar-refractivity contribution < 1.29 is 9.90 Å². The van der Waals surface area contributed by atoms with E-state index in [1.54, 1.807) is 15.8 Å². The molecule has 0 saturated heterocycles. The molecule has 0 aliphatic rings. The van der Waals surface area contributed by atoms with Gasteiger partial charge in [-0.2, -0.15) is 5.10 Å². The summed E-state index contributed by atoms with van der Waals surface area (Å²) in [6, 6.07) is 4.03. The Labute approximate surface area is 124 Å². The molecule has 0 aromatic carbocycles. The molecule has 2 aromatic rings. The Hall–Kier alpha value is -2.08. The minimum absolute atomic E-state index is 0.0449. The standard InChI is InChI=1S/C15H22N4O2/c1-5-18(8-9-20)15(21)13-10-16-17(4)14(13)19-11(2)6-7-12(19)3/h6-7,10,20H,5,8-9H2,1-4H3. The van der Waals surface area contributed by atoms with Crippen LogP contribution in [0, 0.1) is 13.8 Å². The number of carbonyl (C=O) groups is 1. The molecule has 0 aliphatic heterocycles. The number of nitrogens with zero attached hydrogens (tertiary/aromatic N) is 4. The van der Waals surface area contributed by atoms with Gasteiger partial charge in [0.2, 0.25) is 0 Å². The summed E-state index contributed by atoms with van der Waals surface area (Å²) in [7, 11) is 1.83. The first kappa shape index (κ1) is 15.3. The van der Waals surface area contributed by atoms with Gasteiger partial charge in [0, 0.05) is 31.5 Å². The van der Waals surface area contributed by atoms with Crippen LogP contribution in [0.2, 0.25) is 0 Å². The third-order valence-electron chi connectivity index (χ3n) is 3.66. The van der Waals surface area contributed by atoms with Crippen molar-refractivity contribution in [1.29, 1.82) is 0 Å². The fraction of sp³-hybridized carbons (Fsp3) is 0.467. The number of likely N-dealkylation sites (N-methyl/N-ethyl adjacent to an activating group) is 1. The molecule has 21 heavy (non-hydrogen) atoms. The van der Waals surface area contributed by atoms with Crippen molar-refractivity contribution in [3.8, 4) is 5.82 Å². The Balaban J connectivity index is 2.51. The molecule has 0 unspecified atom stereocenters. The predicted octanol–water partition coefficient (Wildman–Crippen LogP) is 1.28. The van der Waals surface area contributed by atoms with E-state index in [1.807, 2.05) is 44.5 Å². The van der Waals surface area contributed by atoms with Crippen LogP contribution in [0.4, 0.5) is 0 Å². The topological polar surface area (TPSA) is 63.3 Å². The van der Waals surface area contributed by atoms with Crippen molar-refractivity contribution in [2.24, 2.45) is 7.05 Å². The van der Waals surface area contributed by atoms with Crippen molar-refractivity contribution in [3.63, 3.8) is 0 Å². The van der Waals surface area contributed by atoms with Crippen LogP contribution in [0.25, 0.3) is 5.82 Å². The van der Waals surface area contributed by atoms with Crippen LogP contribution in [-0.2, 0) is 7.05 Å². The molecule has 2 rings (SSSR count). The Morgan fingerprint density at radius 3 is 2.48 bits per heavy atom. The number of aromatic nitrogens is 3. The van der Waals surface area contributed by atoms with E-state index in [4.69, 9.17) is 5.11 Å². The molecule has 0 spiro atoms.